The molecular formula is C25H29N3O3. The number of nitrogens with two attached hydrogens (primary N) is 1. The molecule has 2 N–H and O–H groups in total. The Hall–Kier alpha value is -2.70. The second-order valence-corrected chi connectivity index (χ2v) is 8.82. The number of anilines is 1. The highest BCUT2D eigenvalue weighted by atomic mass is 16.5. The van der Waals surface area contributed by atoms with Crippen molar-refractivity contribution in [3.8, 4) is 11.1 Å². The molecule has 0 amide bonds. The van der Waals surface area contributed by atoms with Gasteiger partial charge in [0, 0.05) is 36.4 Å². The molecule has 6 nitrogen and oxygen atoms in total. The minimum atomic E-state index is -0.466. The number of esters is 1. The number of carbonyl (C=O) groups excluding carboxylic acids is 1. The Kier molecular flexibility index (Phi) is 5.28. The van der Waals surface area contributed by atoms with Crippen LogP contribution in [-0.2, 0) is 14.9 Å². The first-order valence-electron chi connectivity index (χ1n) is 11.1. The summed E-state index contributed by atoms with van der Waals surface area (Å²) in [5, 5.41) is 0. The number of rotatable bonds is 3. The van der Waals surface area contributed by atoms with Crippen LogP contribution in [0.2, 0.25) is 0 Å². The summed E-state index contributed by atoms with van der Waals surface area (Å²) in [6.07, 6.45) is 11.0. The van der Waals surface area contributed by atoms with Gasteiger partial charge in [-0.3, -0.25) is 0 Å². The highest BCUT2D eigenvalue weighted by Crippen LogP contribution is 2.45. The number of hydrogen-bond acceptors (Lipinski definition) is 6. The van der Waals surface area contributed by atoms with Gasteiger partial charge in [-0.25, -0.2) is 9.78 Å². The molecule has 2 fully saturated rings. The van der Waals surface area contributed by atoms with E-state index in [2.05, 4.69) is 40.2 Å². The Bertz CT molecular complexity index is 1020. The van der Waals surface area contributed by atoms with Gasteiger partial charge in [-0.15, -0.1) is 0 Å². The molecule has 0 saturated carbocycles. The Balaban J connectivity index is 1.40. The number of benzene rings is 1. The summed E-state index contributed by atoms with van der Waals surface area (Å²) in [5.41, 5.74) is 10.9. The number of allylic oxidation sites excluding steroid dienone is 1. The largest absolute Gasteiger partial charge is 0.465 e. The molecule has 3 aliphatic rings. The van der Waals surface area contributed by atoms with Crippen molar-refractivity contribution in [3.05, 3.63) is 53.2 Å². The van der Waals surface area contributed by atoms with Gasteiger partial charge in [-0.1, -0.05) is 24.3 Å². The highest BCUT2D eigenvalue weighted by molar-refractivity contribution is 5.95. The minimum absolute atomic E-state index is 0.0967. The fourth-order valence-electron chi connectivity index (χ4n) is 5.33. The Morgan fingerprint density at radius 1 is 1.19 bits per heavy atom. The first-order valence-corrected chi connectivity index (χ1v) is 11.1. The second kappa shape index (κ2) is 8.09. The van der Waals surface area contributed by atoms with Gasteiger partial charge < -0.3 is 20.1 Å². The molecule has 2 aliphatic heterocycles. The van der Waals surface area contributed by atoms with Crippen molar-refractivity contribution in [2.24, 2.45) is 0 Å². The predicted octanol–water partition coefficient (Wildman–Crippen LogP) is 3.66. The van der Waals surface area contributed by atoms with Crippen LogP contribution in [0, 0.1) is 0 Å². The Labute approximate surface area is 183 Å². The van der Waals surface area contributed by atoms with Crippen LogP contribution in [0.3, 0.4) is 0 Å². The molecule has 0 radical (unpaired) electrons. The zero-order chi connectivity index (χ0) is 21.4. The fourth-order valence-corrected chi connectivity index (χ4v) is 5.33. The summed E-state index contributed by atoms with van der Waals surface area (Å²) in [6.45, 7) is 4.02. The maximum absolute atomic E-state index is 12.0. The van der Waals surface area contributed by atoms with Gasteiger partial charge in [-0.2, -0.15) is 0 Å². The smallest absolute Gasteiger partial charge is 0.341 e. The summed E-state index contributed by atoms with van der Waals surface area (Å²) < 4.78 is 10.4. The van der Waals surface area contributed by atoms with E-state index in [-0.39, 0.29) is 11.2 Å². The first kappa shape index (κ1) is 20.2. The number of likely N-dealkylation sites (tertiary alicyclic amines) is 1. The molecule has 162 valence electrons. The van der Waals surface area contributed by atoms with Crippen LogP contribution in [-0.4, -0.2) is 55.3 Å². The topological polar surface area (TPSA) is 77.7 Å². The van der Waals surface area contributed by atoms with Gasteiger partial charge in [0.2, 0.25) is 0 Å². The number of carbonyl (C=O) groups is 1. The zero-order valence-electron chi connectivity index (χ0n) is 18.0. The lowest BCUT2D eigenvalue weighted by atomic mass is 9.73. The van der Waals surface area contributed by atoms with E-state index in [0.717, 1.165) is 63.1 Å². The van der Waals surface area contributed by atoms with E-state index in [1.54, 1.807) is 12.3 Å². The minimum Gasteiger partial charge on any atom is -0.465 e. The summed E-state index contributed by atoms with van der Waals surface area (Å²) in [4.78, 5) is 18.9. The van der Waals surface area contributed by atoms with Crippen LogP contribution in [0.15, 0.2) is 36.5 Å². The number of pyridine rings is 1. The summed E-state index contributed by atoms with van der Waals surface area (Å²) in [7, 11) is 1.35. The Morgan fingerprint density at radius 2 is 1.97 bits per heavy atom. The van der Waals surface area contributed by atoms with Crippen molar-refractivity contribution in [3.63, 3.8) is 0 Å². The van der Waals surface area contributed by atoms with Gasteiger partial charge in [0.05, 0.1) is 7.11 Å². The van der Waals surface area contributed by atoms with E-state index in [4.69, 9.17) is 15.2 Å². The molecule has 3 heterocycles. The predicted molar refractivity (Wildman–Crippen MR) is 121 cm³/mol. The quantitative estimate of drug-likeness (QED) is 0.765. The SMILES string of the molecule is COC(=O)c1cc(-c2ccc3c(c2)C2(C=C3)CCN(C3CCOCC3)CC2)cnc1N. The number of hydrogen-bond donors (Lipinski definition) is 1. The van der Waals surface area contributed by atoms with Crippen LogP contribution in [0.4, 0.5) is 5.82 Å². The molecule has 1 aromatic carbocycles. The van der Waals surface area contributed by atoms with E-state index in [0.29, 0.717) is 11.6 Å². The Morgan fingerprint density at radius 3 is 2.71 bits per heavy atom. The zero-order valence-corrected chi connectivity index (χ0v) is 18.0. The van der Waals surface area contributed by atoms with E-state index in [1.807, 2.05) is 0 Å². The van der Waals surface area contributed by atoms with Gasteiger partial charge in [0.1, 0.15) is 11.4 Å². The average molecular weight is 420 g/mol. The second-order valence-electron chi connectivity index (χ2n) is 8.82. The molecular weight excluding hydrogens is 390 g/mol. The summed E-state index contributed by atoms with van der Waals surface area (Å²) in [6, 6.07) is 8.98. The molecule has 2 aromatic rings. The monoisotopic (exact) mass is 419 g/mol. The van der Waals surface area contributed by atoms with Crippen LogP contribution >= 0.6 is 0 Å². The molecule has 5 rings (SSSR count). The third-order valence-corrected chi connectivity index (χ3v) is 7.23. The number of methoxy groups -OCH3 is 1. The number of nitrogens with zero attached hydrogens (tertiary/aromatic N) is 2. The molecule has 0 bridgehead atoms. The van der Waals surface area contributed by atoms with Crippen molar-refractivity contribution in [2.75, 3.05) is 39.1 Å². The number of nitrogen functional groups attached to an aromatic ring is 1. The third-order valence-electron chi connectivity index (χ3n) is 7.23. The van der Waals surface area contributed by atoms with Crippen molar-refractivity contribution >= 4 is 17.9 Å². The molecule has 1 aliphatic carbocycles. The lowest BCUT2D eigenvalue weighted by molar-refractivity contribution is 0.0210. The van der Waals surface area contributed by atoms with Crippen molar-refractivity contribution in [1.82, 2.24) is 9.88 Å². The van der Waals surface area contributed by atoms with E-state index in [1.165, 1.54) is 18.2 Å². The standard InChI is InChI=1S/C25H29N3O3/c1-30-24(29)21-14-19(16-27-23(21)26)18-3-2-17-4-7-25(22(17)15-18)8-10-28(11-9-25)20-5-12-31-13-6-20/h2-4,7,14-16,20H,5-6,8-13H2,1H3,(H2,26,27). The van der Waals surface area contributed by atoms with Crippen LogP contribution in [0.1, 0.15) is 47.2 Å². The first-order chi connectivity index (χ1) is 15.1. The average Bonchev–Trinajstić information content (AvgIpc) is 3.17. The molecule has 2 saturated heterocycles. The van der Waals surface area contributed by atoms with Crippen molar-refractivity contribution in [1.29, 1.82) is 0 Å². The highest BCUT2D eigenvalue weighted by Gasteiger charge is 2.39. The van der Waals surface area contributed by atoms with Gasteiger partial charge in [-0.05, 0) is 67.6 Å². The molecule has 1 aromatic heterocycles. The summed E-state index contributed by atoms with van der Waals surface area (Å²) in [5.74, 6) is -0.276. The lowest BCUT2D eigenvalue weighted by Gasteiger charge is -2.43. The van der Waals surface area contributed by atoms with Crippen LogP contribution in [0.5, 0.6) is 0 Å². The normalized spacial score (nSPS) is 20.7. The maximum atomic E-state index is 12.0. The van der Waals surface area contributed by atoms with E-state index < -0.39 is 5.97 Å². The molecule has 0 atom stereocenters. The van der Waals surface area contributed by atoms with Crippen LogP contribution in [0.25, 0.3) is 17.2 Å². The van der Waals surface area contributed by atoms with E-state index in [9.17, 15) is 4.79 Å². The molecule has 6 heteroatoms. The number of piperidine rings is 1. The van der Waals surface area contributed by atoms with Gasteiger partial charge in [0.15, 0.2) is 0 Å². The lowest BCUT2D eigenvalue weighted by Crippen LogP contribution is -2.47. The third kappa shape index (κ3) is 3.64. The number of ether oxygens (including phenoxy) is 2. The van der Waals surface area contributed by atoms with Crippen molar-refractivity contribution < 1.29 is 14.3 Å². The van der Waals surface area contributed by atoms with E-state index >= 15 is 0 Å². The van der Waals surface area contributed by atoms with Crippen LogP contribution < -0.4 is 5.73 Å². The maximum Gasteiger partial charge on any atom is 0.341 e. The number of aromatic nitrogens is 1. The molecule has 31 heavy (non-hydrogen) atoms. The molecule has 1 spiro atoms. The fraction of sp³-hybridized carbons (Fsp3) is 0.440. The van der Waals surface area contributed by atoms with Gasteiger partial charge in [0.25, 0.3) is 0 Å². The van der Waals surface area contributed by atoms with Gasteiger partial charge >= 0.3 is 5.97 Å². The summed E-state index contributed by atoms with van der Waals surface area (Å²) >= 11 is 0. The molecule has 0 unspecified atom stereocenters. The van der Waals surface area contributed by atoms with Crippen molar-refractivity contribution in [2.45, 2.75) is 37.1 Å². The number of fused-ring (bicyclic) bond motifs is 2.